The van der Waals surface area contributed by atoms with Crippen LogP contribution < -0.4 is 15.9 Å². The van der Waals surface area contributed by atoms with E-state index in [-0.39, 0.29) is 27.5 Å². The van der Waals surface area contributed by atoms with Crippen molar-refractivity contribution in [2.45, 2.75) is 0 Å². The summed E-state index contributed by atoms with van der Waals surface area (Å²) in [5, 5.41) is 21.8. The van der Waals surface area contributed by atoms with Crippen LogP contribution >= 0.6 is 67.8 Å². The van der Waals surface area contributed by atoms with Crippen molar-refractivity contribution >= 4 is 85.4 Å². The number of carbonyl (C=O) groups is 2. The van der Waals surface area contributed by atoms with Gasteiger partial charge < -0.3 is 25.5 Å². The zero-order valence-electron chi connectivity index (χ0n) is 7.34. The van der Waals surface area contributed by atoms with E-state index in [0.717, 1.165) is 0 Å². The van der Waals surface area contributed by atoms with Crippen LogP contribution in [-0.4, -0.2) is 11.9 Å². The molecule has 2 N–H and O–H groups in total. The summed E-state index contributed by atoms with van der Waals surface area (Å²) in [6.45, 7) is 0. The van der Waals surface area contributed by atoms with Crippen LogP contribution in [0, 0.1) is 10.7 Å². The minimum absolute atomic E-state index is 0.0700. The summed E-state index contributed by atoms with van der Waals surface area (Å²) >= 11 is 5.12. The lowest BCUT2D eigenvalue weighted by Crippen LogP contribution is -2.30. The highest BCUT2D eigenvalue weighted by atomic mass is 127. The number of benzene rings is 1. The number of anilines is 1. The molecule has 0 aliphatic carbocycles. The van der Waals surface area contributed by atoms with Crippen molar-refractivity contribution in [3.05, 3.63) is 21.8 Å². The number of aromatic carboxylic acids is 2. The molecule has 86 valence electrons. The second-order valence-electron chi connectivity index (χ2n) is 2.68. The second-order valence-corrected chi connectivity index (χ2v) is 5.92. The third-order valence-electron chi connectivity index (χ3n) is 1.76. The lowest BCUT2D eigenvalue weighted by atomic mass is 10.1. The van der Waals surface area contributed by atoms with Crippen LogP contribution in [0.4, 0.5) is 5.69 Å². The SMILES string of the molecule is Nc1c(I)c(C(=O)[O-])c(I)c(C(=O)[O-])c1I. The first kappa shape index (κ1) is 14.2. The zero-order valence-corrected chi connectivity index (χ0v) is 13.8. The van der Waals surface area contributed by atoms with E-state index >= 15 is 0 Å². The fraction of sp³-hybridized carbons (Fsp3) is 0. The molecule has 0 radical (unpaired) electrons. The molecule has 1 aromatic rings. The Morgan fingerprint density at radius 1 is 0.875 bits per heavy atom. The molecule has 0 aliphatic rings. The summed E-state index contributed by atoms with van der Waals surface area (Å²) in [4.78, 5) is 21.8. The quantitative estimate of drug-likeness (QED) is 0.402. The Kier molecular flexibility index (Phi) is 4.62. The van der Waals surface area contributed by atoms with Crippen LogP contribution in [0.15, 0.2) is 0 Å². The number of carboxylic acids is 2. The Bertz CT molecular complexity index is 460. The topological polar surface area (TPSA) is 106 Å². The van der Waals surface area contributed by atoms with E-state index in [4.69, 9.17) is 5.73 Å². The van der Waals surface area contributed by atoms with Crippen molar-refractivity contribution in [1.82, 2.24) is 0 Å². The van der Waals surface area contributed by atoms with E-state index < -0.39 is 11.9 Å². The number of hydrogen-bond acceptors (Lipinski definition) is 5. The van der Waals surface area contributed by atoms with Gasteiger partial charge in [-0.25, -0.2) is 0 Å². The summed E-state index contributed by atoms with van der Waals surface area (Å²) in [5.74, 6) is -2.92. The highest BCUT2D eigenvalue weighted by molar-refractivity contribution is 14.1. The van der Waals surface area contributed by atoms with Crippen molar-refractivity contribution in [3.63, 3.8) is 0 Å². The Balaban J connectivity index is 3.80. The summed E-state index contributed by atoms with van der Waals surface area (Å²) in [7, 11) is 0. The maximum absolute atomic E-state index is 10.9. The van der Waals surface area contributed by atoms with E-state index in [9.17, 15) is 19.8 Å². The minimum atomic E-state index is -1.46. The van der Waals surface area contributed by atoms with Gasteiger partial charge in [-0.3, -0.25) is 0 Å². The number of nitrogen functional groups attached to an aromatic ring is 1. The molecule has 0 spiro atoms. The molecule has 0 amide bonds. The zero-order chi connectivity index (χ0) is 12.6. The van der Waals surface area contributed by atoms with Crippen LogP contribution in [0.3, 0.4) is 0 Å². The molecule has 0 saturated carbocycles. The summed E-state index contributed by atoms with van der Waals surface area (Å²) in [6, 6.07) is 0. The van der Waals surface area contributed by atoms with E-state index in [0.29, 0.717) is 0 Å². The normalized spacial score (nSPS) is 10.2. The van der Waals surface area contributed by atoms with Crippen LogP contribution in [0.25, 0.3) is 0 Å². The first-order valence-electron chi connectivity index (χ1n) is 3.67. The molecule has 5 nitrogen and oxygen atoms in total. The van der Waals surface area contributed by atoms with Gasteiger partial charge in [0.05, 0.1) is 17.6 Å². The molecule has 1 rings (SSSR count). The predicted molar refractivity (Wildman–Crippen MR) is 77.7 cm³/mol. The molecule has 0 bridgehead atoms. The average molecular weight is 557 g/mol. The van der Waals surface area contributed by atoms with Gasteiger partial charge >= 0.3 is 0 Å². The van der Waals surface area contributed by atoms with Crippen molar-refractivity contribution < 1.29 is 19.8 Å². The first-order valence-corrected chi connectivity index (χ1v) is 6.91. The molecule has 0 fully saturated rings. The smallest absolute Gasteiger partial charge is 0.0737 e. The van der Waals surface area contributed by atoms with E-state index in [2.05, 4.69) is 0 Å². The van der Waals surface area contributed by atoms with Crippen LogP contribution in [0.2, 0.25) is 0 Å². The van der Waals surface area contributed by atoms with Crippen molar-refractivity contribution in [2.75, 3.05) is 5.73 Å². The van der Waals surface area contributed by atoms with Crippen LogP contribution in [0.1, 0.15) is 20.7 Å². The Morgan fingerprint density at radius 2 is 1.19 bits per heavy atom. The van der Waals surface area contributed by atoms with Crippen LogP contribution in [-0.2, 0) is 0 Å². The lowest BCUT2D eigenvalue weighted by Gasteiger charge is -2.18. The molecule has 1 aromatic carbocycles. The highest BCUT2D eigenvalue weighted by Gasteiger charge is 2.19. The van der Waals surface area contributed by atoms with Crippen molar-refractivity contribution in [3.8, 4) is 0 Å². The maximum atomic E-state index is 10.9. The van der Waals surface area contributed by atoms with Gasteiger partial charge in [-0.1, -0.05) is 0 Å². The number of carbonyl (C=O) groups excluding carboxylic acids is 2. The minimum Gasteiger partial charge on any atom is -0.545 e. The molecule has 0 aliphatic heterocycles. The highest BCUT2D eigenvalue weighted by Crippen LogP contribution is 2.32. The summed E-state index contributed by atoms with van der Waals surface area (Å²) in [5.41, 5.74) is 5.32. The Hall–Kier alpha value is 0.150. The second kappa shape index (κ2) is 5.20. The van der Waals surface area contributed by atoms with Crippen molar-refractivity contribution in [2.24, 2.45) is 0 Å². The molecular weight excluding hydrogens is 555 g/mol. The number of nitrogens with two attached hydrogens (primary N) is 1. The third-order valence-corrected chi connectivity index (χ3v) is 5.08. The van der Waals surface area contributed by atoms with E-state index in [1.807, 2.05) is 0 Å². The largest absolute Gasteiger partial charge is 0.545 e. The van der Waals surface area contributed by atoms with Gasteiger partial charge in [0.15, 0.2) is 0 Å². The maximum Gasteiger partial charge on any atom is 0.0737 e. The van der Waals surface area contributed by atoms with Gasteiger partial charge in [-0.05, 0) is 67.8 Å². The van der Waals surface area contributed by atoms with Gasteiger partial charge in [-0.15, -0.1) is 0 Å². The summed E-state index contributed by atoms with van der Waals surface area (Å²) < 4.78 is 0.619. The fourth-order valence-electron chi connectivity index (χ4n) is 1.04. The predicted octanol–water partition coefficient (Wildman–Crippen LogP) is -0.190. The third kappa shape index (κ3) is 2.37. The number of rotatable bonds is 2. The van der Waals surface area contributed by atoms with E-state index in [1.165, 1.54) is 0 Å². The Labute approximate surface area is 131 Å². The number of hydrogen-bond donors (Lipinski definition) is 1. The van der Waals surface area contributed by atoms with E-state index in [1.54, 1.807) is 67.8 Å². The van der Waals surface area contributed by atoms with Gasteiger partial charge in [-0.2, -0.15) is 0 Å². The van der Waals surface area contributed by atoms with Gasteiger partial charge in [0.1, 0.15) is 0 Å². The standard InChI is InChI=1S/C8H4I3NO4/c9-3-1(7(13)14)4(10)6(12)5(11)2(3)8(15)16/h12H2,(H,13,14)(H,15,16)/p-2. The first-order chi connectivity index (χ1) is 7.29. The molecule has 0 saturated heterocycles. The number of carboxylic acid groups (broad SMARTS) is 2. The molecule has 0 unspecified atom stereocenters. The monoisotopic (exact) mass is 557 g/mol. The molecule has 0 aromatic heterocycles. The molecular formula is C8H2I3NO4-2. The molecule has 0 atom stereocenters. The number of halogens is 3. The van der Waals surface area contributed by atoms with Gasteiger partial charge in [0, 0.05) is 21.8 Å². The average Bonchev–Trinajstić information content (AvgIpc) is 2.13. The van der Waals surface area contributed by atoms with Gasteiger partial charge in [0.2, 0.25) is 0 Å². The molecule has 0 heterocycles. The Morgan fingerprint density at radius 3 is 1.44 bits per heavy atom. The van der Waals surface area contributed by atoms with Crippen molar-refractivity contribution in [1.29, 1.82) is 0 Å². The fourth-order valence-corrected chi connectivity index (χ4v) is 5.09. The van der Waals surface area contributed by atoms with Crippen LogP contribution in [0.5, 0.6) is 0 Å². The van der Waals surface area contributed by atoms with Gasteiger partial charge in [0.25, 0.3) is 0 Å². The molecule has 8 heteroatoms. The molecule has 16 heavy (non-hydrogen) atoms. The lowest BCUT2D eigenvalue weighted by molar-refractivity contribution is -0.255. The summed E-state index contributed by atoms with van der Waals surface area (Å²) in [6.07, 6.45) is 0.